The number of carbonyl (C=O) groups excluding carboxylic acids is 2. The third-order valence-electron chi connectivity index (χ3n) is 5.65. The first-order chi connectivity index (χ1) is 15.3. The molecule has 2 amide bonds. The molecule has 6 nitrogen and oxygen atoms in total. The summed E-state index contributed by atoms with van der Waals surface area (Å²) in [5.41, 5.74) is 1.39. The third kappa shape index (κ3) is 7.29. The molecule has 1 N–H and O–H groups in total. The summed E-state index contributed by atoms with van der Waals surface area (Å²) in [6.45, 7) is 8.36. The molecule has 1 aliphatic heterocycles. The molecule has 0 unspecified atom stereocenters. The van der Waals surface area contributed by atoms with Crippen molar-refractivity contribution in [1.29, 1.82) is 0 Å². The van der Waals surface area contributed by atoms with Gasteiger partial charge in [-0.1, -0.05) is 51.1 Å². The van der Waals surface area contributed by atoms with Crippen molar-refractivity contribution >= 4 is 12.0 Å². The fourth-order valence-corrected chi connectivity index (χ4v) is 3.69. The van der Waals surface area contributed by atoms with Gasteiger partial charge in [0.1, 0.15) is 11.5 Å². The van der Waals surface area contributed by atoms with Gasteiger partial charge in [0, 0.05) is 25.6 Å². The van der Waals surface area contributed by atoms with Crippen LogP contribution >= 0.6 is 0 Å². The summed E-state index contributed by atoms with van der Waals surface area (Å²) in [6, 6.07) is 17.2. The van der Waals surface area contributed by atoms with Crippen molar-refractivity contribution in [3.8, 4) is 11.5 Å². The molecule has 2 aromatic carbocycles. The van der Waals surface area contributed by atoms with Gasteiger partial charge in [-0.15, -0.1) is 0 Å². The first-order valence-corrected chi connectivity index (χ1v) is 11.4. The Labute approximate surface area is 190 Å². The summed E-state index contributed by atoms with van der Waals surface area (Å²) in [5.74, 6) is 1.49. The van der Waals surface area contributed by atoms with Crippen LogP contribution in [0.5, 0.6) is 11.5 Å². The zero-order chi connectivity index (χ0) is 23.0. The van der Waals surface area contributed by atoms with Crippen LogP contribution in [-0.2, 0) is 10.2 Å². The van der Waals surface area contributed by atoms with E-state index < -0.39 is 6.09 Å². The van der Waals surface area contributed by atoms with E-state index in [-0.39, 0.29) is 17.4 Å². The molecule has 6 heteroatoms. The molecule has 0 saturated carbocycles. The number of piperidine rings is 1. The number of likely N-dealkylation sites (tertiary alicyclic amines) is 1. The van der Waals surface area contributed by atoms with Crippen molar-refractivity contribution in [3.63, 3.8) is 0 Å². The van der Waals surface area contributed by atoms with Crippen LogP contribution in [0.15, 0.2) is 54.6 Å². The van der Waals surface area contributed by atoms with E-state index in [0.717, 1.165) is 18.6 Å². The Balaban J connectivity index is 1.31. The van der Waals surface area contributed by atoms with Crippen molar-refractivity contribution in [2.45, 2.75) is 57.9 Å². The van der Waals surface area contributed by atoms with Crippen LogP contribution in [0.25, 0.3) is 0 Å². The lowest BCUT2D eigenvalue weighted by Gasteiger charge is -2.32. The quantitative estimate of drug-likeness (QED) is 0.623. The Morgan fingerprint density at radius 1 is 0.969 bits per heavy atom. The first kappa shape index (κ1) is 23.6. The summed E-state index contributed by atoms with van der Waals surface area (Å²) in [6.07, 6.45) is 2.16. The molecule has 1 fully saturated rings. The Morgan fingerprint density at radius 3 is 2.25 bits per heavy atom. The van der Waals surface area contributed by atoms with E-state index in [2.05, 4.69) is 38.2 Å². The molecule has 3 rings (SSSR count). The van der Waals surface area contributed by atoms with E-state index in [9.17, 15) is 9.59 Å². The van der Waals surface area contributed by atoms with Crippen LogP contribution in [0.4, 0.5) is 4.79 Å². The predicted molar refractivity (Wildman–Crippen MR) is 125 cm³/mol. The molecule has 1 saturated heterocycles. The molecular formula is C26H34N2O4. The van der Waals surface area contributed by atoms with E-state index in [1.807, 2.05) is 35.2 Å². The number of para-hydroxylation sites is 1. The van der Waals surface area contributed by atoms with E-state index in [1.165, 1.54) is 5.56 Å². The van der Waals surface area contributed by atoms with Gasteiger partial charge in [-0.2, -0.15) is 0 Å². The van der Waals surface area contributed by atoms with Crippen LogP contribution < -0.4 is 14.8 Å². The lowest BCUT2D eigenvalue weighted by Crippen LogP contribution is -2.47. The maximum Gasteiger partial charge on any atom is 0.412 e. The van der Waals surface area contributed by atoms with Gasteiger partial charge in [-0.05, 0) is 54.5 Å². The van der Waals surface area contributed by atoms with Gasteiger partial charge in [-0.3, -0.25) is 4.79 Å². The number of hydrogen-bond donors (Lipinski definition) is 1. The SMILES string of the molecule is CC(C)(C)c1ccc(OCCCC(=O)N2CCC(NC(=O)Oc3ccccc3)CC2)cc1. The van der Waals surface area contributed by atoms with Gasteiger partial charge in [-0.25, -0.2) is 4.79 Å². The van der Waals surface area contributed by atoms with Gasteiger partial charge in [0.15, 0.2) is 0 Å². The number of ether oxygens (including phenoxy) is 2. The predicted octanol–water partition coefficient (Wildman–Crippen LogP) is 4.92. The maximum absolute atomic E-state index is 12.5. The van der Waals surface area contributed by atoms with E-state index >= 15 is 0 Å². The molecule has 0 spiro atoms. The molecule has 0 atom stereocenters. The summed E-state index contributed by atoms with van der Waals surface area (Å²) in [7, 11) is 0. The lowest BCUT2D eigenvalue weighted by atomic mass is 9.87. The summed E-state index contributed by atoms with van der Waals surface area (Å²) in [4.78, 5) is 26.4. The Morgan fingerprint density at radius 2 is 1.62 bits per heavy atom. The molecule has 32 heavy (non-hydrogen) atoms. The third-order valence-corrected chi connectivity index (χ3v) is 5.65. The summed E-state index contributed by atoms with van der Waals surface area (Å²) in [5, 5.41) is 2.89. The molecule has 0 aromatic heterocycles. The molecule has 1 heterocycles. The molecule has 0 bridgehead atoms. The van der Waals surface area contributed by atoms with Gasteiger partial charge < -0.3 is 19.7 Å². The molecule has 172 valence electrons. The Hall–Kier alpha value is -3.02. The fraction of sp³-hybridized carbons (Fsp3) is 0.462. The lowest BCUT2D eigenvalue weighted by molar-refractivity contribution is -0.132. The molecule has 2 aromatic rings. The summed E-state index contributed by atoms with van der Waals surface area (Å²) < 4.78 is 11.1. The molecular weight excluding hydrogens is 404 g/mol. The minimum absolute atomic E-state index is 0.0228. The van der Waals surface area contributed by atoms with E-state index in [0.29, 0.717) is 38.3 Å². The molecule has 0 aliphatic carbocycles. The smallest absolute Gasteiger partial charge is 0.412 e. The number of amides is 2. The van der Waals surface area contributed by atoms with Crippen molar-refractivity contribution < 1.29 is 19.1 Å². The second kappa shape index (κ2) is 11.0. The second-order valence-electron chi connectivity index (χ2n) is 9.23. The zero-order valence-corrected chi connectivity index (χ0v) is 19.3. The van der Waals surface area contributed by atoms with Crippen LogP contribution in [-0.4, -0.2) is 42.6 Å². The number of benzene rings is 2. The highest BCUT2D eigenvalue weighted by molar-refractivity contribution is 5.76. The van der Waals surface area contributed by atoms with Crippen LogP contribution in [0.3, 0.4) is 0 Å². The highest BCUT2D eigenvalue weighted by atomic mass is 16.6. The minimum Gasteiger partial charge on any atom is -0.494 e. The minimum atomic E-state index is -0.450. The summed E-state index contributed by atoms with van der Waals surface area (Å²) >= 11 is 0. The number of nitrogens with zero attached hydrogens (tertiary/aromatic N) is 1. The average molecular weight is 439 g/mol. The van der Waals surface area contributed by atoms with E-state index in [4.69, 9.17) is 9.47 Å². The van der Waals surface area contributed by atoms with Crippen molar-refractivity contribution in [2.75, 3.05) is 19.7 Å². The molecule has 0 radical (unpaired) electrons. The topological polar surface area (TPSA) is 67.9 Å². The van der Waals surface area contributed by atoms with Gasteiger partial charge >= 0.3 is 6.09 Å². The highest BCUT2D eigenvalue weighted by Gasteiger charge is 2.24. The van der Waals surface area contributed by atoms with Crippen LogP contribution in [0.2, 0.25) is 0 Å². The van der Waals surface area contributed by atoms with Gasteiger partial charge in [0.2, 0.25) is 5.91 Å². The normalized spacial score (nSPS) is 14.7. The molecule has 1 aliphatic rings. The van der Waals surface area contributed by atoms with Crippen LogP contribution in [0, 0.1) is 0 Å². The fourth-order valence-electron chi connectivity index (χ4n) is 3.69. The Kier molecular flexibility index (Phi) is 8.14. The first-order valence-electron chi connectivity index (χ1n) is 11.4. The standard InChI is InChI=1S/C26H34N2O4/c1-26(2,3)20-11-13-22(14-12-20)31-19-7-10-24(29)28-17-15-21(16-18-28)27-25(30)32-23-8-5-4-6-9-23/h4-6,8-9,11-14,21H,7,10,15-19H2,1-3H3,(H,27,30). The highest BCUT2D eigenvalue weighted by Crippen LogP contribution is 2.24. The largest absolute Gasteiger partial charge is 0.494 e. The number of nitrogens with one attached hydrogen (secondary N) is 1. The second-order valence-corrected chi connectivity index (χ2v) is 9.23. The van der Waals surface area contributed by atoms with Crippen LogP contribution in [0.1, 0.15) is 52.0 Å². The number of rotatable bonds is 7. The van der Waals surface area contributed by atoms with E-state index in [1.54, 1.807) is 12.1 Å². The number of hydrogen-bond acceptors (Lipinski definition) is 4. The van der Waals surface area contributed by atoms with Crippen molar-refractivity contribution in [3.05, 3.63) is 60.2 Å². The van der Waals surface area contributed by atoms with Crippen molar-refractivity contribution in [2.24, 2.45) is 0 Å². The average Bonchev–Trinajstić information content (AvgIpc) is 2.77. The monoisotopic (exact) mass is 438 g/mol. The maximum atomic E-state index is 12.5. The van der Waals surface area contributed by atoms with Gasteiger partial charge in [0.05, 0.1) is 6.61 Å². The Bertz CT molecular complexity index is 867. The van der Waals surface area contributed by atoms with Crippen molar-refractivity contribution in [1.82, 2.24) is 10.2 Å². The zero-order valence-electron chi connectivity index (χ0n) is 19.3. The van der Waals surface area contributed by atoms with Gasteiger partial charge in [0.25, 0.3) is 0 Å². The number of carbonyl (C=O) groups is 2.